The number of aryl methyl sites for hydroxylation is 2. The highest BCUT2D eigenvalue weighted by molar-refractivity contribution is 7.99. The summed E-state index contributed by atoms with van der Waals surface area (Å²) in [6.45, 7) is 0. The first-order valence-corrected chi connectivity index (χ1v) is 10.1. The second kappa shape index (κ2) is 7.93. The smallest absolute Gasteiger partial charge is 0.122 e. The van der Waals surface area contributed by atoms with E-state index in [1.807, 2.05) is 30.3 Å². The largest absolute Gasteiger partial charge is 0.508 e. The van der Waals surface area contributed by atoms with Crippen LogP contribution in [0.2, 0.25) is 0 Å². The second-order valence-corrected chi connectivity index (χ2v) is 7.62. The third-order valence-corrected chi connectivity index (χ3v) is 6.00. The van der Waals surface area contributed by atoms with Crippen LogP contribution in [0.5, 0.6) is 5.75 Å². The highest BCUT2D eigenvalue weighted by atomic mass is 32.2. The van der Waals surface area contributed by atoms with Crippen molar-refractivity contribution in [3.8, 4) is 16.9 Å². The standard InChI is InChI=1S/C24H22O2S/c1-26-23-8-3-2-5-19(23)14-11-17-9-12-18(13-10-17)20-6-4-7-21-22(25)15-16-27-24(20)21/h2-10,12-13,15,25H,11,14,16H2,1H3. The van der Waals surface area contributed by atoms with E-state index in [4.69, 9.17) is 4.74 Å². The van der Waals surface area contributed by atoms with Crippen LogP contribution in [0.3, 0.4) is 0 Å². The zero-order chi connectivity index (χ0) is 18.6. The Morgan fingerprint density at radius 2 is 1.67 bits per heavy atom. The lowest BCUT2D eigenvalue weighted by atomic mass is 9.98. The van der Waals surface area contributed by atoms with Crippen molar-refractivity contribution < 1.29 is 9.84 Å². The van der Waals surface area contributed by atoms with E-state index in [9.17, 15) is 5.11 Å². The molecule has 4 rings (SSSR count). The number of aliphatic hydroxyl groups excluding tert-OH is 1. The van der Waals surface area contributed by atoms with Gasteiger partial charge in [0.05, 0.1) is 7.11 Å². The van der Waals surface area contributed by atoms with Crippen molar-refractivity contribution in [1.29, 1.82) is 0 Å². The van der Waals surface area contributed by atoms with Crippen LogP contribution >= 0.6 is 11.8 Å². The molecule has 0 radical (unpaired) electrons. The topological polar surface area (TPSA) is 29.5 Å². The van der Waals surface area contributed by atoms with Crippen molar-refractivity contribution in [3.05, 3.63) is 89.5 Å². The quantitative estimate of drug-likeness (QED) is 0.580. The highest BCUT2D eigenvalue weighted by Gasteiger charge is 2.16. The Balaban J connectivity index is 1.53. The van der Waals surface area contributed by atoms with Crippen LogP contribution in [-0.2, 0) is 12.8 Å². The number of thioether (sulfide) groups is 1. The fourth-order valence-corrected chi connectivity index (χ4v) is 4.55. The first-order valence-electron chi connectivity index (χ1n) is 9.13. The average molecular weight is 375 g/mol. The normalized spacial score (nSPS) is 13.0. The third kappa shape index (κ3) is 3.74. The number of fused-ring (bicyclic) bond motifs is 1. The van der Waals surface area contributed by atoms with Crippen LogP contribution in [0, 0.1) is 0 Å². The Kier molecular flexibility index (Phi) is 5.21. The summed E-state index contributed by atoms with van der Waals surface area (Å²) in [6, 6.07) is 23.1. The summed E-state index contributed by atoms with van der Waals surface area (Å²) < 4.78 is 5.44. The van der Waals surface area contributed by atoms with Crippen LogP contribution in [0.15, 0.2) is 77.7 Å². The zero-order valence-electron chi connectivity index (χ0n) is 15.3. The molecular formula is C24H22O2S. The molecule has 1 aliphatic heterocycles. The van der Waals surface area contributed by atoms with E-state index >= 15 is 0 Å². The molecule has 0 aliphatic carbocycles. The third-order valence-electron chi connectivity index (χ3n) is 4.94. The number of benzene rings is 3. The van der Waals surface area contributed by atoms with Gasteiger partial charge in [0.25, 0.3) is 0 Å². The van der Waals surface area contributed by atoms with E-state index in [1.54, 1.807) is 18.9 Å². The molecule has 3 aromatic rings. The molecule has 0 amide bonds. The first kappa shape index (κ1) is 17.7. The number of hydrogen-bond donors (Lipinski definition) is 1. The van der Waals surface area contributed by atoms with Gasteiger partial charge in [0.15, 0.2) is 0 Å². The van der Waals surface area contributed by atoms with E-state index in [0.717, 1.165) is 29.9 Å². The van der Waals surface area contributed by atoms with Crippen LogP contribution in [0.1, 0.15) is 16.7 Å². The van der Waals surface area contributed by atoms with Crippen LogP contribution in [-0.4, -0.2) is 18.0 Å². The van der Waals surface area contributed by atoms with Gasteiger partial charge in [-0.1, -0.05) is 60.7 Å². The van der Waals surface area contributed by atoms with Crippen molar-refractivity contribution in [2.24, 2.45) is 0 Å². The number of rotatable bonds is 5. The predicted molar refractivity (Wildman–Crippen MR) is 114 cm³/mol. The summed E-state index contributed by atoms with van der Waals surface area (Å²) in [6.07, 6.45) is 3.81. The Morgan fingerprint density at radius 1 is 0.889 bits per heavy atom. The van der Waals surface area contributed by atoms with Crippen molar-refractivity contribution in [3.63, 3.8) is 0 Å². The zero-order valence-corrected chi connectivity index (χ0v) is 16.1. The summed E-state index contributed by atoms with van der Waals surface area (Å²) in [5.41, 5.74) is 5.86. The second-order valence-electron chi connectivity index (χ2n) is 6.59. The molecule has 0 aromatic heterocycles. The first-order chi connectivity index (χ1) is 13.3. The van der Waals surface area contributed by atoms with Gasteiger partial charge in [0, 0.05) is 16.2 Å². The van der Waals surface area contributed by atoms with Gasteiger partial charge in [-0.25, -0.2) is 0 Å². The molecule has 0 bridgehead atoms. The van der Waals surface area contributed by atoms with Crippen molar-refractivity contribution in [1.82, 2.24) is 0 Å². The minimum absolute atomic E-state index is 0.388. The molecule has 1 heterocycles. The SMILES string of the molecule is COc1ccccc1CCc1ccc(-c2cccc3c2SCC=C3O)cc1. The molecule has 0 unspecified atom stereocenters. The molecule has 0 saturated heterocycles. The van der Waals surface area contributed by atoms with Gasteiger partial charge < -0.3 is 9.84 Å². The number of hydrogen-bond acceptors (Lipinski definition) is 3. The van der Waals surface area contributed by atoms with Gasteiger partial charge in [-0.2, -0.15) is 0 Å². The van der Waals surface area contributed by atoms with Crippen LogP contribution in [0.4, 0.5) is 0 Å². The summed E-state index contributed by atoms with van der Waals surface area (Å²) in [5.74, 6) is 2.15. The Hall–Kier alpha value is -2.65. The minimum Gasteiger partial charge on any atom is -0.508 e. The van der Waals surface area contributed by atoms with Crippen molar-refractivity contribution >= 4 is 17.5 Å². The Labute approximate surface area is 164 Å². The molecule has 0 spiro atoms. The van der Waals surface area contributed by atoms with Gasteiger partial charge in [-0.15, -0.1) is 11.8 Å². The van der Waals surface area contributed by atoms with E-state index in [1.165, 1.54) is 27.1 Å². The van der Waals surface area contributed by atoms with Gasteiger partial charge in [0.2, 0.25) is 0 Å². The van der Waals surface area contributed by atoms with Gasteiger partial charge >= 0.3 is 0 Å². The number of ether oxygens (including phenoxy) is 1. The predicted octanol–water partition coefficient (Wildman–Crippen LogP) is 6.15. The van der Waals surface area contributed by atoms with Crippen molar-refractivity contribution in [2.45, 2.75) is 17.7 Å². The molecule has 2 nitrogen and oxygen atoms in total. The maximum absolute atomic E-state index is 10.1. The Morgan fingerprint density at radius 3 is 2.48 bits per heavy atom. The summed E-state index contributed by atoms with van der Waals surface area (Å²) in [5, 5.41) is 10.1. The molecule has 0 atom stereocenters. The fourth-order valence-electron chi connectivity index (χ4n) is 3.47. The van der Waals surface area contributed by atoms with E-state index in [-0.39, 0.29) is 0 Å². The van der Waals surface area contributed by atoms with Gasteiger partial charge in [-0.05, 0) is 47.2 Å². The monoisotopic (exact) mass is 374 g/mol. The maximum Gasteiger partial charge on any atom is 0.122 e. The summed E-state index contributed by atoms with van der Waals surface area (Å²) in [7, 11) is 1.72. The number of aliphatic hydroxyl groups is 1. The molecule has 1 aliphatic rings. The lowest BCUT2D eigenvalue weighted by Gasteiger charge is -2.17. The molecule has 0 fully saturated rings. The Bertz CT molecular complexity index is 974. The van der Waals surface area contributed by atoms with E-state index in [2.05, 4.69) is 42.5 Å². The average Bonchev–Trinajstić information content (AvgIpc) is 2.73. The number of methoxy groups -OCH3 is 1. The fraction of sp³-hybridized carbons (Fsp3) is 0.167. The minimum atomic E-state index is 0.388. The van der Waals surface area contributed by atoms with Crippen LogP contribution < -0.4 is 4.74 Å². The lowest BCUT2D eigenvalue weighted by Crippen LogP contribution is -1.97. The van der Waals surface area contributed by atoms with E-state index < -0.39 is 0 Å². The lowest BCUT2D eigenvalue weighted by molar-refractivity contribution is 0.409. The molecule has 0 saturated carbocycles. The molecule has 27 heavy (non-hydrogen) atoms. The van der Waals surface area contributed by atoms with Crippen LogP contribution in [0.25, 0.3) is 16.9 Å². The van der Waals surface area contributed by atoms with E-state index in [0.29, 0.717) is 5.76 Å². The van der Waals surface area contributed by atoms with Gasteiger partial charge in [-0.3, -0.25) is 0 Å². The van der Waals surface area contributed by atoms with Crippen molar-refractivity contribution in [2.75, 3.05) is 12.9 Å². The molecule has 136 valence electrons. The number of para-hydroxylation sites is 1. The highest BCUT2D eigenvalue weighted by Crippen LogP contribution is 2.39. The molecular weight excluding hydrogens is 352 g/mol. The maximum atomic E-state index is 10.1. The van der Waals surface area contributed by atoms with Gasteiger partial charge in [0.1, 0.15) is 11.5 Å². The summed E-state index contributed by atoms with van der Waals surface area (Å²) >= 11 is 1.78. The molecule has 1 N–H and O–H groups in total. The molecule has 3 heteroatoms. The molecule has 3 aromatic carbocycles. The summed E-state index contributed by atoms with van der Waals surface area (Å²) in [4.78, 5) is 1.17.